The van der Waals surface area contributed by atoms with E-state index in [1.54, 1.807) is 0 Å². The third-order valence-corrected chi connectivity index (χ3v) is 4.74. The maximum Gasteiger partial charge on any atom is 0.248 e. The second-order valence-electron chi connectivity index (χ2n) is 6.64. The second kappa shape index (κ2) is 10.7. The van der Waals surface area contributed by atoms with Crippen LogP contribution in [0.4, 0.5) is 0 Å². The van der Waals surface area contributed by atoms with Gasteiger partial charge in [0, 0.05) is 25.2 Å². The minimum atomic E-state index is -0.378. The van der Waals surface area contributed by atoms with Crippen LogP contribution in [0.2, 0.25) is 0 Å². The standard InChI is InChI=1S/C22H31N3O/c1-3-24(4-2)15-8-16-25(17-19-9-6-5-7-10-19)18-20-11-13-21(14-12-20)22(23)26/h5-7,9-14H,3-4,8,15-18H2,1-2H3,(H2,23,26). The quantitative estimate of drug-likeness (QED) is 0.672. The van der Waals surface area contributed by atoms with Gasteiger partial charge in [-0.15, -0.1) is 0 Å². The number of nitrogens with two attached hydrogens (primary N) is 1. The summed E-state index contributed by atoms with van der Waals surface area (Å²) in [6.45, 7) is 10.6. The van der Waals surface area contributed by atoms with Crippen LogP contribution in [0.5, 0.6) is 0 Å². The molecule has 0 saturated carbocycles. The molecule has 0 aliphatic heterocycles. The van der Waals surface area contributed by atoms with Gasteiger partial charge in [0.05, 0.1) is 0 Å². The maximum absolute atomic E-state index is 11.2. The molecular formula is C22H31N3O. The maximum atomic E-state index is 11.2. The summed E-state index contributed by atoms with van der Waals surface area (Å²) in [5.74, 6) is -0.378. The lowest BCUT2D eigenvalue weighted by molar-refractivity contribution is 0.100. The molecule has 0 bridgehead atoms. The SMILES string of the molecule is CCN(CC)CCCN(Cc1ccccc1)Cc1ccc(C(N)=O)cc1. The largest absolute Gasteiger partial charge is 0.366 e. The van der Waals surface area contributed by atoms with Crippen LogP contribution in [0.25, 0.3) is 0 Å². The molecule has 0 spiro atoms. The van der Waals surface area contributed by atoms with Gasteiger partial charge >= 0.3 is 0 Å². The van der Waals surface area contributed by atoms with Crippen molar-refractivity contribution in [3.8, 4) is 0 Å². The van der Waals surface area contributed by atoms with E-state index in [4.69, 9.17) is 5.73 Å². The molecule has 4 heteroatoms. The highest BCUT2D eigenvalue weighted by Crippen LogP contribution is 2.12. The van der Waals surface area contributed by atoms with Crippen LogP contribution < -0.4 is 5.73 Å². The van der Waals surface area contributed by atoms with E-state index in [0.717, 1.165) is 45.7 Å². The van der Waals surface area contributed by atoms with Crippen molar-refractivity contribution in [2.75, 3.05) is 26.2 Å². The summed E-state index contributed by atoms with van der Waals surface area (Å²) < 4.78 is 0. The number of nitrogens with zero attached hydrogens (tertiary/aromatic N) is 2. The zero-order chi connectivity index (χ0) is 18.8. The van der Waals surface area contributed by atoms with Gasteiger partial charge in [0.25, 0.3) is 0 Å². The first kappa shape index (κ1) is 20.1. The molecule has 0 aliphatic carbocycles. The Hall–Kier alpha value is -2.17. The molecule has 0 unspecified atom stereocenters. The Labute approximate surface area is 157 Å². The minimum Gasteiger partial charge on any atom is -0.366 e. The fourth-order valence-corrected chi connectivity index (χ4v) is 3.15. The summed E-state index contributed by atoms with van der Waals surface area (Å²) in [4.78, 5) is 16.2. The number of carbonyl (C=O) groups excluding carboxylic acids is 1. The molecule has 0 aromatic heterocycles. The smallest absolute Gasteiger partial charge is 0.248 e. The summed E-state index contributed by atoms with van der Waals surface area (Å²) in [5.41, 5.74) is 8.42. The molecule has 0 aliphatic rings. The number of amides is 1. The van der Waals surface area contributed by atoms with Gasteiger partial charge in [-0.1, -0.05) is 56.3 Å². The van der Waals surface area contributed by atoms with E-state index in [1.807, 2.05) is 24.3 Å². The number of benzene rings is 2. The Kier molecular flexibility index (Phi) is 8.32. The molecular weight excluding hydrogens is 322 g/mol. The monoisotopic (exact) mass is 353 g/mol. The Morgan fingerprint density at radius 3 is 1.88 bits per heavy atom. The van der Waals surface area contributed by atoms with Crippen molar-refractivity contribution in [2.24, 2.45) is 5.73 Å². The van der Waals surface area contributed by atoms with Crippen LogP contribution in [0, 0.1) is 0 Å². The Morgan fingerprint density at radius 2 is 1.35 bits per heavy atom. The van der Waals surface area contributed by atoms with E-state index in [0.29, 0.717) is 5.56 Å². The molecule has 140 valence electrons. The molecule has 2 aromatic rings. The topological polar surface area (TPSA) is 49.6 Å². The van der Waals surface area contributed by atoms with E-state index in [9.17, 15) is 4.79 Å². The van der Waals surface area contributed by atoms with E-state index >= 15 is 0 Å². The van der Waals surface area contributed by atoms with Gasteiger partial charge in [0.1, 0.15) is 0 Å². The Morgan fingerprint density at radius 1 is 0.808 bits per heavy atom. The van der Waals surface area contributed by atoms with E-state index in [2.05, 4.69) is 54.0 Å². The van der Waals surface area contributed by atoms with E-state index in [-0.39, 0.29) is 5.91 Å². The van der Waals surface area contributed by atoms with Crippen molar-refractivity contribution in [1.82, 2.24) is 9.80 Å². The van der Waals surface area contributed by atoms with Gasteiger partial charge in [-0.05, 0) is 49.3 Å². The third-order valence-electron chi connectivity index (χ3n) is 4.74. The predicted octanol–water partition coefficient (Wildman–Crippen LogP) is 3.52. The van der Waals surface area contributed by atoms with Crippen molar-refractivity contribution < 1.29 is 4.79 Å². The molecule has 4 nitrogen and oxygen atoms in total. The fourth-order valence-electron chi connectivity index (χ4n) is 3.15. The normalized spacial score (nSPS) is 11.2. The molecule has 26 heavy (non-hydrogen) atoms. The zero-order valence-corrected chi connectivity index (χ0v) is 16.0. The number of carbonyl (C=O) groups is 1. The van der Waals surface area contributed by atoms with Gasteiger partial charge < -0.3 is 10.6 Å². The van der Waals surface area contributed by atoms with E-state index in [1.165, 1.54) is 11.1 Å². The van der Waals surface area contributed by atoms with Crippen LogP contribution in [-0.4, -0.2) is 41.9 Å². The highest BCUT2D eigenvalue weighted by Gasteiger charge is 2.09. The molecule has 0 atom stereocenters. The average molecular weight is 354 g/mol. The second-order valence-corrected chi connectivity index (χ2v) is 6.64. The fraction of sp³-hybridized carbons (Fsp3) is 0.409. The molecule has 2 N–H and O–H groups in total. The average Bonchev–Trinajstić information content (AvgIpc) is 2.66. The molecule has 1 amide bonds. The molecule has 0 saturated heterocycles. The summed E-state index contributed by atoms with van der Waals surface area (Å²) in [6.07, 6.45) is 1.15. The first-order chi connectivity index (χ1) is 12.6. The zero-order valence-electron chi connectivity index (χ0n) is 16.0. The molecule has 2 aromatic carbocycles. The summed E-state index contributed by atoms with van der Waals surface area (Å²) in [5, 5.41) is 0. The van der Waals surface area contributed by atoms with Crippen molar-refractivity contribution in [3.05, 3.63) is 71.3 Å². The molecule has 0 radical (unpaired) electrons. The van der Waals surface area contributed by atoms with Gasteiger partial charge in [-0.2, -0.15) is 0 Å². The first-order valence-electron chi connectivity index (χ1n) is 9.49. The van der Waals surface area contributed by atoms with Crippen LogP contribution in [0.15, 0.2) is 54.6 Å². The number of primary amides is 1. The number of rotatable bonds is 11. The molecule has 2 rings (SSSR count). The lowest BCUT2D eigenvalue weighted by Crippen LogP contribution is -2.29. The lowest BCUT2D eigenvalue weighted by atomic mass is 10.1. The summed E-state index contributed by atoms with van der Waals surface area (Å²) in [7, 11) is 0. The summed E-state index contributed by atoms with van der Waals surface area (Å²) >= 11 is 0. The van der Waals surface area contributed by atoms with E-state index < -0.39 is 0 Å². The van der Waals surface area contributed by atoms with Crippen LogP contribution in [-0.2, 0) is 13.1 Å². The van der Waals surface area contributed by atoms with Crippen molar-refractivity contribution in [2.45, 2.75) is 33.4 Å². The molecule has 0 fully saturated rings. The van der Waals surface area contributed by atoms with Crippen molar-refractivity contribution >= 4 is 5.91 Å². The van der Waals surface area contributed by atoms with Gasteiger partial charge in [0.15, 0.2) is 0 Å². The Bertz CT molecular complexity index is 651. The third kappa shape index (κ3) is 6.62. The Balaban J connectivity index is 2.00. The van der Waals surface area contributed by atoms with Gasteiger partial charge in [-0.3, -0.25) is 9.69 Å². The van der Waals surface area contributed by atoms with Crippen molar-refractivity contribution in [3.63, 3.8) is 0 Å². The lowest BCUT2D eigenvalue weighted by Gasteiger charge is -2.25. The summed E-state index contributed by atoms with van der Waals surface area (Å²) in [6, 6.07) is 18.2. The van der Waals surface area contributed by atoms with Gasteiger partial charge in [0.2, 0.25) is 5.91 Å². The van der Waals surface area contributed by atoms with Crippen LogP contribution in [0.3, 0.4) is 0 Å². The van der Waals surface area contributed by atoms with Crippen LogP contribution >= 0.6 is 0 Å². The minimum absolute atomic E-state index is 0.378. The number of hydrogen-bond donors (Lipinski definition) is 1. The number of hydrogen-bond acceptors (Lipinski definition) is 3. The molecule has 0 heterocycles. The highest BCUT2D eigenvalue weighted by molar-refractivity contribution is 5.92. The predicted molar refractivity (Wildman–Crippen MR) is 108 cm³/mol. The van der Waals surface area contributed by atoms with Crippen LogP contribution in [0.1, 0.15) is 41.8 Å². The first-order valence-corrected chi connectivity index (χ1v) is 9.49. The highest BCUT2D eigenvalue weighted by atomic mass is 16.1. The van der Waals surface area contributed by atoms with Crippen molar-refractivity contribution in [1.29, 1.82) is 0 Å². The van der Waals surface area contributed by atoms with Gasteiger partial charge in [-0.25, -0.2) is 0 Å².